The number of hydrogen-bond donors (Lipinski definition) is 2. The van der Waals surface area contributed by atoms with E-state index >= 15 is 0 Å². The third-order valence-corrected chi connectivity index (χ3v) is 2.84. The SMILES string of the molecule is CNC(C)c1cc(C)ccc1OCC(O)C(F)(F)F. The van der Waals surface area contributed by atoms with Gasteiger partial charge in [-0.25, -0.2) is 0 Å². The number of aliphatic hydroxyl groups is 1. The molecule has 0 spiro atoms. The lowest BCUT2D eigenvalue weighted by Crippen LogP contribution is -2.34. The van der Waals surface area contributed by atoms with E-state index in [1.807, 2.05) is 19.9 Å². The fourth-order valence-electron chi connectivity index (χ4n) is 1.56. The van der Waals surface area contributed by atoms with E-state index in [-0.39, 0.29) is 6.04 Å². The van der Waals surface area contributed by atoms with Crippen LogP contribution in [0.5, 0.6) is 5.75 Å². The van der Waals surface area contributed by atoms with Gasteiger partial charge in [-0.3, -0.25) is 0 Å². The molecule has 0 bridgehead atoms. The summed E-state index contributed by atoms with van der Waals surface area (Å²) >= 11 is 0. The number of aliphatic hydroxyl groups excluding tert-OH is 1. The number of halogens is 3. The molecule has 0 aliphatic heterocycles. The zero-order chi connectivity index (χ0) is 14.6. The summed E-state index contributed by atoms with van der Waals surface area (Å²) in [5.74, 6) is 0.343. The van der Waals surface area contributed by atoms with E-state index in [4.69, 9.17) is 9.84 Å². The van der Waals surface area contributed by atoms with Gasteiger partial charge in [-0.15, -0.1) is 0 Å². The van der Waals surface area contributed by atoms with Crippen LogP contribution >= 0.6 is 0 Å². The highest BCUT2D eigenvalue weighted by atomic mass is 19.4. The first-order valence-corrected chi connectivity index (χ1v) is 5.91. The van der Waals surface area contributed by atoms with E-state index in [1.54, 1.807) is 19.2 Å². The van der Waals surface area contributed by atoms with E-state index in [0.29, 0.717) is 5.75 Å². The van der Waals surface area contributed by atoms with Crippen LogP contribution in [0.3, 0.4) is 0 Å². The summed E-state index contributed by atoms with van der Waals surface area (Å²) in [6, 6.07) is 5.15. The monoisotopic (exact) mass is 277 g/mol. The summed E-state index contributed by atoms with van der Waals surface area (Å²) in [6.07, 6.45) is -7.15. The number of ether oxygens (including phenoxy) is 1. The molecule has 3 nitrogen and oxygen atoms in total. The van der Waals surface area contributed by atoms with Crippen LogP contribution in [0.25, 0.3) is 0 Å². The maximum absolute atomic E-state index is 12.2. The Kier molecular flexibility index (Phi) is 5.20. The highest BCUT2D eigenvalue weighted by molar-refractivity contribution is 5.38. The van der Waals surface area contributed by atoms with E-state index in [2.05, 4.69) is 5.32 Å². The molecular formula is C13H18F3NO2. The molecule has 0 fully saturated rings. The number of nitrogens with one attached hydrogen (secondary N) is 1. The Hall–Kier alpha value is -1.27. The van der Waals surface area contributed by atoms with Gasteiger partial charge in [0, 0.05) is 11.6 Å². The Labute approximate surface area is 110 Å². The second-order valence-corrected chi connectivity index (χ2v) is 4.42. The van der Waals surface area contributed by atoms with Gasteiger partial charge < -0.3 is 15.2 Å². The van der Waals surface area contributed by atoms with Crippen molar-refractivity contribution in [2.24, 2.45) is 0 Å². The average Bonchev–Trinajstić information content (AvgIpc) is 2.34. The average molecular weight is 277 g/mol. The van der Waals surface area contributed by atoms with E-state index in [9.17, 15) is 13.2 Å². The van der Waals surface area contributed by atoms with Crippen LogP contribution in [0.4, 0.5) is 13.2 Å². The topological polar surface area (TPSA) is 41.5 Å². The van der Waals surface area contributed by atoms with Crippen molar-refractivity contribution in [3.05, 3.63) is 29.3 Å². The Morgan fingerprint density at radius 3 is 2.53 bits per heavy atom. The van der Waals surface area contributed by atoms with Crippen molar-refractivity contribution in [2.45, 2.75) is 32.2 Å². The van der Waals surface area contributed by atoms with Gasteiger partial charge in [-0.1, -0.05) is 17.7 Å². The van der Waals surface area contributed by atoms with Crippen LogP contribution in [0.1, 0.15) is 24.1 Å². The smallest absolute Gasteiger partial charge is 0.417 e. The minimum atomic E-state index is -4.67. The molecule has 2 atom stereocenters. The van der Waals surface area contributed by atoms with Gasteiger partial charge in [0.2, 0.25) is 0 Å². The van der Waals surface area contributed by atoms with E-state index in [0.717, 1.165) is 11.1 Å². The Morgan fingerprint density at radius 2 is 2.00 bits per heavy atom. The number of aryl methyl sites for hydroxylation is 1. The van der Waals surface area contributed by atoms with E-state index in [1.165, 1.54) is 0 Å². The van der Waals surface area contributed by atoms with Crippen molar-refractivity contribution >= 4 is 0 Å². The van der Waals surface area contributed by atoms with Gasteiger partial charge in [-0.05, 0) is 27.0 Å². The fraction of sp³-hybridized carbons (Fsp3) is 0.538. The predicted octanol–water partition coefficient (Wildman–Crippen LogP) is 2.58. The molecule has 1 rings (SSSR count). The lowest BCUT2D eigenvalue weighted by molar-refractivity contribution is -0.210. The predicted molar refractivity (Wildman–Crippen MR) is 66.2 cm³/mol. The zero-order valence-corrected chi connectivity index (χ0v) is 11.1. The quantitative estimate of drug-likeness (QED) is 0.869. The summed E-state index contributed by atoms with van der Waals surface area (Å²) in [7, 11) is 1.75. The summed E-state index contributed by atoms with van der Waals surface area (Å²) in [6.45, 7) is 2.96. The zero-order valence-electron chi connectivity index (χ0n) is 11.1. The molecule has 1 aromatic carbocycles. The van der Waals surface area contributed by atoms with Crippen molar-refractivity contribution in [1.29, 1.82) is 0 Å². The van der Waals surface area contributed by atoms with Crippen LogP contribution in [0.15, 0.2) is 18.2 Å². The van der Waals surface area contributed by atoms with Crippen molar-refractivity contribution in [2.75, 3.05) is 13.7 Å². The molecule has 108 valence electrons. The van der Waals surface area contributed by atoms with Crippen LogP contribution in [0.2, 0.25) is 0 Å². The summed E-state index contributed by atoms with van der Waals surface area (Å²) in [5, 5.41) is 11.9. The van der Waals surface area contributed by atoms with Crippen LogP contribution in [-0.2, 0) is 0 Å². The van der Waals surface area contributed by atoms with Gasteiger partial charge >= 0.3 is 6.18 Å². The van der Waals surface area contributed by atoms with Gasteiger partial charge in [0.05, 0.1) is 0 Å². The lowest BCUT2D eigenvalue weighted by atomic mass is 10.0. The van der Waals surface area contributed by atoms with Crippen molar-refractivity contribution in [3.8, 4) is 5.75 Å². The molecule has 0 saturated heterocycles. The highest BCUT2D eigenvalue weighted by Crippen LogP contribution is 2.27. The Bertz CT molecular complexity index is 421. The molecule has 19 heavy (non-hydrogen) atoms. The number of hydrogen-bond acceptors (Lipinski definition) is 3. The first-order chi connectivity index (χ1) is 8.75. The van der Waals surface area contributed by atoms with Crippen LogP contribution in [-0.4, -0.2) is 31.0 Å². The molecule has 0 amide bonds. The number of alkyl halides is 3. The maximum atomic E-state index is 12.2. The molecule has 2 N–H and O–H groups in total. The second kappa shape index (κ2) is 6.25. The molecule has 0 radical (unpaired) electrons. The van der Waals surface area contributed by atoms with Crippen molar-refractivity contribution in [1.82, 2.24) is 5.32 Å². The molecule has 0 heterocycles. The normalized spacial score (nSPS) is 15.1. The van der Waals surface area contributed by atoms with Crippen LogP contribution < -0.4 is 10.1 Å². The third-order valence-electron chi connectivity index (χ3n) is 2.84. The number of rotatable bonds is 5. The summed E-state index contributed by atoms with van der Waals surface area (Å²) in [5.41, 5.74) is 1.75. The summed E-state index contributed by atoms with van der Waals surface area (Å²) < 4.78 is 41.7. The van der Waals surface area contributed by atoms with Crippen LogP contribution in [0, 0.1) is 6.92 Å². The molecule has 0 aromatic heterocycles. The molecule has 0 saturated carbocycles. The first kappa shape index (κ1) is 15.8. The maximum Gasteiger partial charge on any atom is 0.417 e. The van der Waals surface area contributed by atoms with Crippen molar-refractivity contribution < 1.29 is 23.0 Å². The highest BCUT2D eigenvalue weighted by Gasteiger charge is 2.38. The summed E-state index contributed by atoms with van der Waals surface area (Å²) in [4.78, 5) is 0. The Morgan fingerprint density at radius 1 is 1.37 bits per heavy atom. The number of benzene rings is 1. The molecular weight excluding hydrogens is 259 g/mol. The van der Waals surface area contributed by atoms with Gasteiger partial charge in [0.15, 0.2) is 6.10 Å². The standard InChI is InChI=1S/C13H18F3NO2/c1-8-4-5-11(10(6-8)9(2)17-3)19-7-12(18)13(14,15)16/h4-6,9,12,17-18H,7H2,1-3H3. The largest absolute Gasteiger partial charge is 0.490 e. The van der Waals surface area contributed by atoms with Crippen molar-refractivity contribution in [3.63, 3.8) is 0 Å². The van der Waals surface area contributed by atoms with Gasteiger partial charge in [0.1, 0.15) is 12.4 Å². The lowest BCUT2D eigenvalue weighted by Gasteiger charge is -2.20. The minimum absolute atomic E-state index is 0.0575. The Balaban J connectivity index is 2.83. The van der Waals surface area contributed by atoms with Gasteiger partial charge in [-0.2, -0.15) is 13.2 Å². The third kappa shape index (κ3) is 4.40. The van der Waals surface area contributed by atoms with Gasteiger partial charge in [0.25, 0.3) is 0 Å². The molecule has 2 unspecified atom stereocenters. The minimum Gasteiger partial charge on any atom is -0.490 e. The second-order valence-electron chi connectivity index (χ2n) is 4.42. The fourth-order valence-corrected chi connectivity index (χ4v) is 1.56. The molecule has 0 aliphatic carbocycles. The molecule has 6 heteroatoms. The molecule has 1 aromatic rings. The first-order valence-electron chi connectivity index (χ1n) is 5.91. The van der Waals surface area contributed by atoms with E-state index < -0.39 is 18.9 Å². The molecule has 0 aliphatic rings.